The van der Waals surface area contributed by atoms with Crippen LogP contribution in [0.3, 0.4) is 0 Å². The lowest BCUT2D eigenvalue weighted by molar-refractivity contribution is -0.140. The number of hydrogen-bond donors (Lipinski definition) is 2. The van der Waals surface area contributed by atoms with E-state index in [1.165, 1.54) is 11.6 Å². The maximum absolute atomic E-state index is 12.6. The summed E-state index contributed by atoms with van der Waals surface area (Å²) >= 11 is 0. The van der Waals surface area contributed by atoms with E-state index in [9.17, 15) is 9.59 Å². The molecule has 1 atom stereocenters. The normalized spacial score (nSPS) is 11.8. The Hall–Kier alpha value is -3.48. The van der Waals surface area contributed by atoms with Gasteiger partial charge in [0.15, 0.2) is 0 Å². The molecule has 1 heterocycles. The van der Waals surface area contributed by atoms with Gasteiger partial charge in [0.2, 0.25) is 0 Å². The number of para-hydroxylation sites is 1. The zero-order valence-electron chi connectivity index (χ0n) is 14.4. The van der Waals surface area contributed by atoms with E-state index >= 15 is 0 Å². The molecule has 7 heteroatoms. The first-order valence-electron chi connectivity index (χ1n) is 8.08. The maximum Gasteiger partial charge on any atom is 0.328 e. The second-order valence-corrected chi connectivity index (χ2v) is 5.95. The highest BCUT2D eigenvalue weighted by Gasteiger charge is 2.17. The topological polar surface area (TPSA) is 97.1 Å². The van der Waals surface area contributed by atoms with E-state index in [1.54, 1.807) is 12.3 Å². The largest absolute Gasteiger partial charge is 0.480 e. The first kappa shape index (κ1) is 17.3. The van der Waals surface area contributed by atoms with Gasteiger partial charge in [-0.05, 0) is 37.6 Å². The van der Waals surface area contributed by atoms with E-state index in [0.717, 1.165) is 5.56 Å². The third kappa shape index (κ3) is 3.61. The number of carbonyl (C=O) groups is 2. The van der Waals surface area contributed by atoms with Crippen molar-refractivity contribution in [2.45, 2.75) is 19.9 Å². The third-order valence-electron chi connectivity index (χ3n) is 4.07. The number of nitrogens with one attached hydrogen (secondary N) is 1. The Bertz CT molecular complexity index is 950. The summed E-state index contributed by atoms with van der Waals surface area (Å²) in [7, 11) is 0. The molecule has 26 heavy (non-hydrogen) atoms. The van der Waals surface area contributed by atoms with Gasteiger partial charge in [0.25, 0.3) is 5.91 Å². The van der Waals surface area contributed by atoms with Crippen LogP contribution in [0.5, 0.6) is 0 Å². The Balaban J connectivity index is 1.88. The first-order valence-corrected chi connectivity index (χ1v) is 8.08. The van der Waals surface area contributed by atoms with Crippen molar-refractivity contribution in [2.24, 2.45) is 0 Å². The lowest BCUT2D eigenvalue weighted by Crippen LogP contribution is -2.15. The number of aliphatic carboxylic acids is 1. The summed E-state index contributed by atoms with van der Waals surface area (Å²) in [6.07, 6.45) is 1.56. The molecular weight excluding hydrogens is 332 g/mol. The highest BCUT2D eigenvalue weighted by atomic mass is 16.4. The number of rotatable bonds is 5. The summed E-state index contributed by atoms with van der Waals surface area (Å²) in [6, 6.07) is 13.8. The Morgan fingerprint density at radius 3 is 2.58 bits per heavy atom. The summed E-state index contributed by atoms with van der Waals surface area (Å²) in [5, 5.41) is 19.8. The molecule has 0 saturated heterocycles. The summed E-state index contributed by atoms with van der Waals surface area (Å²) in [5.74, 6) is -1.21. The number of hydrogen-bond acceptors (Lipinski definition) is 4. The smallest absolute Gasteiger partial charge is 0.328 e. The van der Waals surface area contributed by atoms with Crippen molar-refractivity contribution in [2.75, 3.05) is 5.32 Å². The molecule has 0 saturated carbocycles. The first-order chi connectivity index (χ1) is 12.5. The van der Waals surface area contributed by atoms with Crippen molar-refractivity contribution < 1.29 is 14.7 Å². The summed E-state index contributed by atoms with van der Waals surface area (Å²) in [5.41, 5.74) is 3.26. The summed E-state index contributed by atoms with van der Waals surface area (Å²) < 4.78 is 1.28. The standard InChI is InChI=1S/C19H18N4O3/c1-12-8-9-14(17-11-23(22-21-17)13(2)19(25)26)10-16(12)18(24)20-15-6-4-3-5-7-15/h3-11,13H,1-2H3,(H,20,24)(H,25,26)/t13-/m0/s1. The number of amides is 1. The van der Waals surface area contributed by atoms with Crippen LogP contribution in [-0.2, 0) is 4.79 Å². The molecule has 7 nitrogen and oxygen atoms in total. The molecule has 0 spiro atoms. The van der Waals surface area contributed by atoms with Gasteiger partial charge in [-0.1, -0.05) is 35.5 Å². The molecule has 0 aliphatic carbocycles. The molecule has 0 aliphatic heterocycles. The van der Waals surface area contributed by atoms with E-state index in [2.05, 4.69) is 15.6 Å². The van der Waals surface area contributed by atoms with Gasteiger partial charge < -0.3 is 10.4 Å². The lowest BCUT2D eigenvalue weighted by Gasteiger charge is -2.09. The second kappa shape index (κ2) is 7.18. The van der Waals surface area contributed by atoms with Crippen molar-refractivity contribution >= 4 is 17.6 Å². The van der Waals surface area contributed by atoms with E-state index in [4.69, 9.17) is 5.11 Å². The minimum atomic E-state index is -0.992. The number of carboxylic acids is 1. The van der Waals surface area contributed by atoms with Crippen LogP contribution in [0.15, 0.2) is 54.7 Å². The monoisotopic (exact) mass is 350 g/mol. The molecule has 0 fully saturated rings. The van der Waals surface area contributed by atoms with Crippen LogP contribution in [0.4, 0.5) is 5.69 Å². The van der Waals surface area contributed by atoms with Gasteiger partial charge >= 0.3 is 5.97 Å². The molecule has 1 aromatic heterocycles. The fourth-order valence-corrected chi connectivity index (χ4v) is 2.46. The average molecular weight is 350 g/mol. The van der Waals surface area contributed by atoms with Crippen LogP contribution in [0, 0.1) is 6.92 Å². The Kier molecular flexibility index (Phi) is 4.79. The van der Waals surface area contributed by atoms with Crippen molar-refractivity contribution in [3.05, 3.63) is 65.9 Å². The highest BCUT2D eigenvalue weighted by molar-refractivity contribution is 6.05. The molecule has 132 valence electrons. The van der Waals surface area contributed by atoms with E-state index in [0.29, 0.717) is 22.5 Å². The van der Waals surface area contributed by atoms with Crippen LogP contribution in [0.1, 0.15) is 28.9 Å². The lowest BCUT2D eigenvalue weighted by atomic mass is 10.0. The van der Waals surface area contributed by atoms with Gasteiger partial charge in [-0.2, -0.15) is 0 Å². The SMILES string of the molecule is Cc1ccc(-c2cn([C@@H](C)C(=O)O)nn2)cc1C(=O)Nc1ccccc1. The van der Waals surface area contributed by atoms with Crippen molar-refractivity contribution in [1.82, 2.24) is 15.0 Å². The van der Waals surface area contributed by atoms with Gasteiger partial charge in [0.1, 0.15) is 11.7 Å². The Labute approximate surface area is 150 Å². The van der Waals surface area contributed by atoms with Crippen molar-refractivity contribution in [3.63, 3.8) is 0 Å². The predicted molar refractivity (Wildman–Crippen MR) is 96.9 cm³/mol. The molecule has 0 radical (unpaired) electrons. The molecule has 2 N–H and O–H groups in total. The van der Waals surface area contributed by atoms with E-state index in [1.807, 2.05) is 49.4 Å². The number of benzene rings is 2. The van der Waals surface area contributed by atoms with Gasteiger partial charge in [-0.3, -0.25) is 4.79 Å². The minimum Gasteiger partial charge on any atom is -0.480 e. The van der Waals surface area contributed by atoms with Crippen LogP contribution < -0.4 is 5.32 Å². The third-order valence-corrected chi connectivity index (χ3v) is 4.07. The number of anilines is 1. The molecule has 0 unspecified atom stereocenters. The van der Waals surface area contributed by atoms with Crippen LogP contribution in [0.2, 0.25) is 0 Å². The van der Waals surface area contributed by atoms with Crippen LogP contribution in [-0.4, -0.2) is 32.0 Å². The highest BCUT2D eigenvalue weighted by Crippen LogP contribution is 2.22. The van der Waals surface area contributed by atoms with E-state index in [-0.39, 0.29) is 5.91 Å². The number of aryl methyl sites for hydroxylation is 1. The van der Waals surface area contributed by atoms with Crippen molar-refractivity contribution in [3.8, 4) is 11.3 Å². The molecule has 1 amide bonds. The number of carbonyl (C=O) groups excluding carboxylic acids is 1. The predicted octanol–water partition coefficient (Wildman–Crippen LogP) is 3.15. The van der Waals surface area contributed by atoms with Crippen molar-refractivity contribution in [1.29, 1.82) is 0 Å². The molecule has 3 rings (SSSR count). The number of carboxylic acid groups (broad SMARTS) is 1. The van der Waals surface area contributed by atoms with Crippen LogP contribution >= 0.6 is 0 Å². The fraction of sp³-hybridized carbons (Fsp3) is 0.158. The molecule has 2 aromatic carbocycles. The van der Waals surface area contributed by atoms with Gasteiger partial charge in [-0.25, -0.2) is 9.48 Å². The number of nitrogens with zero attached hydrogens (tertiary/aromatic N) is 3. The molecular formula is C19H18N4O3. The summed E-state index contributed by atoms with van der Waals surface area (Å²) in [6.45, 7) is 3.38. The minimum absolute atomic E-state index is 0.221. The molecule has 0 bridgehead atoms. The Morgan fingerprint density at radius 2 is 1.88 bits per heavy atom. The average Bonchev–Trinajstić information content (AvgIpc) is 3.12. The van der Waals surface area contributed by atoms with Gasteiger partial charge in [-0.15, -0.1) is 5.10 Å². The van der Waals surface area contributed by atoms with Crippen LogP contribution in [0.25, 0.3) is 11.3 Å². The number of aromatic nitrogens is 3. The molecule has 3 aromatic rings. The zero-order valence-corrected chi connectivity index (χ0v) is 14.4. The van der Waals surface area contributed by atoms with Gasteiger partial charge in [0.05, 0.1) is 6.20 Å². The quantitative estimate of drug-likeness (QED) is 0.737. The van der Waals surface area contributed by atoms with Gasteiger partial charge in [0, 0.05) is 16.8 Å². The summed E-state index contributed by atoms with van der Waals surface area (Å²) in [4.78, 5) is 23.7. The Morgan fingerprint density at radius 1 is 1.15 bits per heavy atom. The van der Waals surface area contributed by atoms with E-state index < -0.39 is 12.0 Å². The second-order valence-electron chi connectivity index (χ2n) is 5.95. The zero-order chi connectivity index (χ0) is 18.7. The fourth-order valence-electron chi connectivity index (χ4n) is 2.46. The molecule has 0 aliphatic rings. The maximum atomic E-state index is 12.6.